The number of carbonyl (C=O) groups excluding carboxylic acids is 2. The second-order valence-corrected chi connectivity index (χ2v) is 12.8. The van der Waals surface area contributed by atoms with Gasteiger partial charge in [-0.05, 0) is 54.3 Å². The minimum Gasteiger partial charge on any atom is -0.352 e. The molecule has 0 spiro atoms. The van der Waals surface area contributed by atoms with Gasteiger partial charge in [0.05, 0.1) is 11.9 Å². The van der Waals surface area contributed by atoms with E-state index in [2.05, 4.69) is 5.32 Å². The van der Waals surface area contributed by atoms with Gasteiger partial charge in [-0.2, -0.15) is 0 Å². The molecule has 3 aromatic carbocycles. The number of halogens is 2. The Balaban J connectivity index is 1.72. The van der Waals surface area contributed by atoms with E-state index in [1.54, 1.807) is 42.5 Å². The maximum atomic E-state index is 14.1. The van der Waals surface area contributed by atoms with Gasteiger partial charge in [0.25, 0.3) is 0 Å². The van der Waals surface area contributed by atoms with Crippen molar-refractivity contribution in [2.24, 2.45) is 0 Å². The molecule has 7 nitrogen and oxygen atoms in total. The first-order chi connectivity index (χ1) is 19.1. The van der Waals surface area contributed by atoms with Gasteiger partial charge >= 0.3 is 0 Å². The molecule has 0 radical (unpaired) electrons. The lowest BCUT2D eigenvalue weighted by molar-refractivity contribution is -0.140. The van der Waals surface area contributed by atoms with Crippen molar-refractivity contribution in [3.63, 3.8) is 0 Å². The highest BCUT2D eigenvalue weighted by atomic mass is 35.5. The number of nitrogens with one attached hydrogen (secondary N) is 1. The monoisotopic (exact) mass is 601 g/mol. The standard InChI is InChI=1S/C30H33Cl2N3O4S/c1-40(38,39)35(26-17-15-24(31)16-18-26)21-29(36)34(20-23-11-5-8-14-27(23)32)28(19-22-9-3-2-4-10-22)30(37)33-25-12-6-7-13-25/h2-5,8-11,14-18,25,28H,6-7,12-13,19-21H2,1H3,(H,33,37)/t28-/m0/s1. The molecule has 3 aromatic rings. The van der Waals surface area contributed by atoms with E-state index in [-0.39, 0.29) is 24.9 Å². The van der Waals surface area contributed by atoms with Crippen LogP contribution in [0.4, 0.5) is 5.69 Å². The van der Waals surface area contributed by atoms with Crippen LogP contribution in [0.3, 0.4) is 0 Å². The number of sulfonamides is 1. The summed E-state index contributed by atoms with van der Waals surface area (Å²) in [5.74, 6) is -0.795. The molecule has 0 heterocycles. The van der Waals surface area contributed by atoms with Gasteiger partial charge in [-0.25, -0.2) is 8.42 Å². The van der Waals surface area contributed by atoms with Gasteiger partial charge in [0.15, 0.2) is 0 Å². The van der Waals surface area contributed by atoms with Crippen molar-refractivity contribution >= 4 is 50.7 Å². The highest BCUT2D eigenvalue weighted by Gasteiger charge is 2.34. The van der Waals surface area contributed by atoms with Gasteiger partial charge in [-0.15, -0.1) is 0 Å². The molecule has 0 bridgehead atoms. The number of rotatable bonds is 11. The van der Waals surface area contributed by atoms with Crippen molar-refractivity contribution in [2.45, 2.75) is 50.7 Å². The van der Waals surface area contributed by atoms with Crippen molar-refractivity contribution in [3.05, 3.63) is 100 Å². The van der Waals surface area contributed by atoms with E-state index in [1.165, 1.54) is 4.90 Å². The van der Waals surface area contributed by atoms with Crippen LogP contribution in [-0.4, -0.2) is 50.0 Å². The molecule has 40 heavy (non-hydrogen) atoms. The van der Waals surface area contributed by atoms with Gasteiger partial charge < -0.3 is 10.2 Å². The summed E-state index contributed by atoms with van der Waals surface area (Å²) >= 11 is 12.5. The molecule has 1 aliphatic carbocycles. The fourth-order valence-corrected chi connectivity index (χ4v) is 6.12. The van der Waals surface area contributed by atoms with Crippen LogP contribution in [0, 0.1) is 0 Å². The molecule has 1 aliphatic rings. The Morgan fingerprint density at radius 1 is 0.925 bits per heavy atom. The van der Waals surface area contributed by atoms with E-state index in [0.717, 1.165) is 41.8 Å². The van der Waals surface area contributed by atoms with Crippen LogP contribution in [-0.2, 0) is 32.6 Å². The maximum absolute atomic E-state index is 14.1. The molecule has 1 fully saturated rings. The maximum Gasteiger partial charge on any atom is 0.244 e. The number of amides is 2. The predicted octanol–water partition coefficient (Wildman–Crippen LogP) is 5.46. The third-order valence-electron chi connectivity index (χ3n) is 7.06. The van der Waals surface area contributed by atoms with Gasteiger partial charge in [-0.3, -0.25) is 13.9 Å². The Kier molecular flexibility index (Phi) is 10.1. The van der Waals surface area contributed by atoms with E-state index in [0.29, 0.717) is 21.3 Å². The molecule has 4 rings (SSSR count). The molecule has 1 N–H and O–H groups in total. The van der Waals surface area contributed by atoms with Crippen LogP contribution in [0.2, 0.25) is 10.0 Å². The summed E-state index contributed by atoms with van der Waals surface area (Å²) in [7, 11) is -3.85. The summed E-state index contributed by atoms with van der Waals surface area (Å²) in [6.07, 6.45) is 5.17. The van der Waals surface area contributed by atoms with Crippen molar-refractivity contribution in [3.8, 4) is 0 Å². The van der Waals surface area contributed by atoms with E-state index >= 15 is 0 Å². The molecule has 0 aliphatic heterocycles. The summed E-state index contributed by atoms with van der Waals surface area (Å²) in [6, 6.07) is 22.0. The topological polar surface area (TPSA) is 86.8 Å². The smallest absolute Gasteiger partial charge is 0.244 e. The average molecular weight is 603 g/mol. The second-order valence-electron chi connectivity index (χ2n) is 10.1. The third-order valence-corrected chi connectivity index (χ3v) is 8.83. The van der Waals surface area contributed by atoms with Crippen LogP contribution in [0.25, 0.3) is 0 Å². The van der Waals surface area contributed by atoms with Crippen molar-refractivity contribution in [1.29, 1.82) is 0 Å². The summed E-state index contributed by atoms with van der Waals surface area (Å²) in [4.78, 5) is 29.4. The molecule has 0 unspecified atom stereocenters. The number of benzene rings is 3. The van der Waals surface area contributed by atoms with E-state index < -0.39 is 28.5 Å². The van der Waals surface area contributed by atoms with E-state index in [4.69, 9.17) is 23.2 Å². The lowest BCUT2D eigenvalue weighted by Gasteiger charge is -2.34. The Hall–Kier alpha value is -3.07. The number of anilines is 1. The molecule has 10 heteroatoms. The summed E-state index contributed by atoms with van der Waals surface area (Å²) in [5.41, 5.74) is 1.83. The Bertz CT molecular complexity index is 1410. The Morgan fingerprint density at radius 2 is 1.55 bits per heavy atom. The van der Waals surface area contributed by atoms with Crippen LogP contribution < -0.4 is 9.62 Å². The van der Waals surface area contributed by atoms with Crippen LogP contribution in [0.5, 0.6) is 0 Å². The van der Waals surface area contributed by atoms with Crippen LogP contribution >= 0.6 is 23.2 Å². The van der Waals surface area contributed by atoms with E-state index in [9.17, 15) is 18.0 Å². The quantitative estimate of drug-likeness (QED) is 0.316. The zero-order valence-electron chi connectivity index (χ0n) is 22.3. The molecule has 2 amide bonds. The molecule has 0 aromatic heterocycles. The lowest BCUT2D eigenvalue weighted by Crippen LogP contribution is -2.54. The fourth-order valence-electron chi connectivity index (χ4n) is 4.95. The third kappa shape index (κ3) is 7.99. The first kappa shape index (κ1) is 29.9. The fraction of sp³-hybridized carbons (Fsp3) is 0.333. The second kappa shape index (κ2) is 13.5. The highest BCUT2D eigenvalue weighted by molar-refractivity contribution is 7.92. The summed E-state index contributed by atoms with van der Waals surface area (Å²) < 4.78 is 26.7. The van der Waals surface area contributed by atoms with Gasteiger partial charge in [0, 0.05) is 29.1 Å². The predicted molar refractivity (Wildman–Crippen MR) is 160 cm³/mol. The molecule has 1 atom stereocenters. The summed E-state index contributed by atoms with van der Waals surface area (Å²) in [5, 5.41) is 4.04. The molecule has 212 valence electrons. The Morgan fingerprint density at radius 3 is 2.17 bits per heavy atom. The minimum absolute atomic E-state index is 0.0340. The molecular weight excluding hydrogens is 569 g/mol. The largest absolute Gasteiger partial charge is 0.352 e. The van der Waals surface area contributed by atoms with Crippen molar-refractivity contribution < 1.29 is 18.0 Å². The normalized spacial score (nSPS) is 14.5. The molecule has 1 saturated carbocycles. The molecule has 0 saturated heterocycles. The SMILES string of the molecule is CS(=O)(=O)N(CC(=O)N(Cc1ccccc1Cl)[C@@H](Cc1ccccc1)C(=O)NC1CCCC1)c1ccc(Cl)cc1. The summed E-state index contributed by atoms with van der Waals surface area (Å²) in [6.45, 7) is -0.459. The first-order valence-corrected chi connectivity index (χ1v) is 15.8. The number of hydrogen-bond acceptors (Lipinski definition) is 4. The minimum atomic E-state index is -3.85. The molecular formula is C30H33Cl2N3O4S. The lowest BCUT2D eigenvalue weighted by atomic mass is 10.0. The average Bonchev–Trinajstić information content (AvgIpc) is 3.44. The first-order valence-electron chi connectivity index (χ1n) is 13.2. The number of hydrogen-bond donors (Lipinski definition) is 1. The zero-order valence-corrected chi connectivity index (χ0v) is 24.6. The van der Waals surface area contributed by atoms with Gasteiger partial charge in [0.1, 0.15) is 12.6 Å². The van der Waals surface area contributed by atoms with Crippen LogP contribution in [0.1, 0.15) is 36.8 Å². The zero-order chi connectivity index (χ0) is 28.7. The van der Waals surface area contributed by atoms with E-state index in [1.807, 2.05) is 36.4 Å². The highest BCUT2D eigenvalue weighted by Crippen LogP contribution is 2.25. The van der Waals surface area contributed by atoms with Crippen molar-refractivity contribution in [1.82, 2.24) is 10.2 Å². The number of nitrogens with zero attached hydrogens (tertiary/aromatic N) is 2. The van der Waals surface area contributed by atoms with Crippen LogP contribution in [0.15, 0.2) is 78.9 Å². The number of carbonyl (C=O) groups is 2. The van der Waals surface area contributed by atoms with Crippen molar-refractivity contribution in [2.75, 3.05) is 17.1 Å². The van der Waals surface area contributed by atoms with Gasteiger partial charge in [-0.1, -0.05) is 84.6 Å². The Labute approximate surface area is 246 Å². The van der Waals surface area contributed by atoms with Gasteiger partial charge in [0.2, 0.25) is 21.8 Å².